The molecule has 0 radical (unpaired) electrons. The Balaban J connectivity index is 1.43. The predicted molar refractivity (Wildman–Crippen MR) is 125 cm³/mol. The number of piperazine rings is 1. The van der Waals surface area contributed by atoms with E-state index in [1.54, 1.807) is 18.4 Å². The first-order valence-corrected chi connectivity index (χ1v) is 11.0. The monoisotopic (exact) mass is 416 g/mol. The quantitative estimate of drug-likeness (QED) is 0.468. The Morgan fingerprint density at radius 3 is 2.27 bits per heavy atom. The van der Waals surface area contributed by atoms with Crippen molar-refractivity contribution in [1.82, 2.24) is 9.97 Å². The number of nitrogens with zero attached hydrogens (tertiary/aromatic N) is 4. The summed E-state index contributed by atoms with van der Waals surface area (Å²) in [4.78, 5) is 17.0. The molecule has 3 heterocycles. The van der Waals surface area contributed by atoms with Gasteiger partial charge >= 0.3 is 0 Å². The number of hydrogen-bond acceptors (Lipinski definition) is 6. The van der Waals surface area contributed by atoms with Gasteiger partial charge in [0, 0.05) is 42.3 Å². The van der Waals surface area contributed by atoms with Crippen LogP contribution in [0.3, 0.4) is 0 Å². The van der Waals surface area contributed by atoms with Gasteiger partial charge < -0.3 is 14.5 Å². The summed E-state index contributed by atoms with van der Waals surface area (Å²) in [6.45, 7) is 5.92. The van der Waals surface area contributed by atoms with Crippen LogP contribution in [0.1, 0.15) is 4.88 Å². The maximum Gasteiger partial charge on any atom is 0.163 e. The lowest BCUT2D eigenvalue weighted by molar-refractivity contribution is 0.415. The highest BCUT2D eigenvalue weighted by Crippen LogP contribution is 2.33. The van der Waals surface area contributed by atoms with E-state index in [4.69, 9.17) is 14.7 Å². The van der Waals surface area contributed by atoms with Crippen LogP contribution < -0.4 is 14.5 Å². The van der Waals surface area contributed by atoms with Crippen molar-refractivity contribution in [2.75, 3.05) is 43.1 Å². The molecule has 4 aromatic rings. The Kier molecular flexibility index (Phi) is 5.01. The van der Waals surface area contributed by atoms with Gasteiger partial charge in [-0.1, -0.05) is 30.3 Å². The van der Waals surface area contributed by atoms with Crippen LogP contribution in [0.15, 0.2) is 60.7 Å². The molecule has 0 aliphatic carbocycles. The third-order valence-electron chi connectivity index (χ3n) is 5.54. The van der Waals surface area contributed by atoms with Crippen molar-refractivity contribution in [2.24, 2.45) is 0 Å². The molecule has 1 aliphatic rings. The maximum absolute atomic E-state index is 5.28. The molecule has 152 valence electrons. The molecule has 1 fully saturated rings. The van der Waals surface area contributed by atoms with Gasteiger partial charge in [-0.3, -0.25) is 0 Å². The van der Waals surface area contributed by atoms with Gasteiger partial charge in [0.1, 0.15) is 16.4 Å². The number of aromatic nitrogens is 2. The van der Waals surface area contributed by atoms with Crippen molar-refractivity contribution < 1.29 is 4.74 Å². The number of rotatable bonds is 4. The van der Waals surface area contributed by atoms with Crippen molar-refractivity contribution in [3.63, 3.8) is 0 Å². The summed E-state index contributed by atoms with van der Waals surface area (Å²) in [7, 11) is 1.70. The minimum absolute atomic E-state index is 0.803. The molecule has 2 aromatic heterocycles. The molecule has 0 saturated carbocycles. The summed E-state index contributed by atoms with van der Waals surface area (Å²) in [6, 6.07) is 20.8. The number of thiophene rings is 1. The summed E-state index contributed by atoms with van der Waals surface area (Å²) < 4.78 is 5.28. The number of benzene rings is 2. The number of methoxy groups -OCH3 is 1. The molecule has 0 amide bonds. The summed E-state index contributed by atoms with van der Waals surface area (Å²) in [6.07, 6.45) is 0. The zero-order valence-corrected chi connectivity index (χ0v) is 18.0. The average molecular weight is 417 g/mol. The minimum Gasteiger partial charge on any atom is -0.497 e. The van der Waals surface area contributed by atoms with E-state index in [2.05, 4.69) is 47.1 Å². The van der Waals surface area contributed by atoms with E-state index < -0.39 is 0 Å². The zero-order chi connectivity index (χ0) is 20.5. The molecule has 0 unspecified atom stereocenters. The lowest BCUT2D eigenvalue weighted by Gasteiger charge is -2.37. The fraction of sp³-hybridized carbons (Fsp3) is 0.250. The second-order valence-corrected chi connectivity index (χ2v) is 8.72. The van der Waals surface area contributed by atoms with Crippen molar-refractivity contribution in [3.05, 3.63) is 65.5 Å². The van der Waals surface area contributed by atoms with Gasteiger partial charge in [0.25, 0.3) is 0 Å². The zero-order valence-electron chi connectivity index (χ0n) is 17.2. The van der Waals surface area contributed by atoms with Crippen LogP contribution in [0.5, 0.6) is 5.75 Å². The molecule has 0 bridgehead atoms. The van der Waals surface area contributed by atoms with E-state index in [0.717, 1.165) is 59.4 Å². The first-order chi connectivity index (χ1) is 14.7. The van der Waals surface area contributed by atoms with Crippen LogP contribution in [0, 0.1) is 6.92 Å². The molecule has 5 rings (SSSR count). The second-order valence-electron chi connectivity index (χ2n) is 7.48. The highest BCUT2D eigenvalue weighted by molar-refractivity contribution is 7.18. The number of aryl methyl sites for hydroxylation is 1. The molecule has 1 saturated heterocycles. The largest absolute Gasteiger partial charge is 0.497 e. The molecule has 0 spiro atoms. The molecule has 0 N–H and O–H groups in total. The maximum atomic E-state index is 5.28. The average Bonchev–Trinajstić information content (AvgIpc) is 3.19. The molecule has 2 aromatic carbocycles. The fourth-order valence-corrected chi connectivity index (χ4v) is 4.83. The van der Waals surface area contributed by atoms with Crippen LogP contribution in [0.4, 0.5) is 11.5 Å². The molecule has 30 heavy (non-hydrogen) atoms. The Morgan fingerprint density at radius 2 is 1.57 bits per heavy atom. The summed E-state index contributed by atoms with van der Waals surface area (Å²) in [5.74, 6) is 2.75. The SMILES string of the molecule is COc1ccc(N2CCN(c3nc(-c4ccccc4)nc4sc(C)cc34)CC2)cc1. The Hall–Kier alpha value is -3.12. The molecule has 5 nitrogen and oxygen atoms in total. The van der Waals surface area contributed by atoms with Gasteiger partial charge in [-0.15, -0.1) is 11.3 Å². The van der Waals surface area contributed by atoms with Crippen LogP contribution >= 0.6 is 11.3 Å². The molecule has 6 heteroatoms. The van der Waals surface area contributed by atoms with Gasteiger partial charge in [-0.05, 0) is 37.3 Å². The van der Waals surface area contributed by atoms with Crippen LogP contribution in [0.2, 0.25) is 0 Å². The minimum atomic E-state index is 0.803. The topological polar surface area (TPSA) is 41.5 Å². The molecular formula is C24H24N4OS. The fourth-order valence-electron chi connectivity index (χ4n) is 3.95. The molecular weight excluding hydrogens is 392 g/mol. The number of anilines is 2. The van der Waals surface area contributed by atoms with E-state index in [-0.39, 0.29) is 0 Å². The van der Waals surface area contributed by atoms with Gasteiger partial charge in [-0.25, -0.2) is 9.97 Å². The summed E-state index contributed by atoms with van der Waals surface area (Å²) >= 11 is 1.74. The lowest BCUT2D eigenvalue weighted by atomic mass is 10.2. The van der Waals surface area contributed by atoms with E-state index in [1.807, 2.05) is 30.3 Å². The first-order valence-electron chi connectivity index (χ1n) is 10.2. The highest BCUT2D eigenvalue weighted by Gasteiger charge is 2.22. The van der Waals surface area contributed by atoms with E-state index in [9.17, 15) is 0 Å². The number of ether oxygens (including phenoxy) is 1. The van der Waals surface area contributed by atoms with E-state index in [1.165, 1.54) is 10.6 Å². The van der Waals surface area contributed by atoms with Crippen LogP contribution in [-0.4, -0.2) is 43.3 Å². The van der Waals surface area contributed by atoms with Gasteiger partial charge in [0.2, 0.25) is 0 Å². The van der Waals surface area contributed by atoms with Crippen LogP contribution in [-0.2, 0) is 0 Å². The highest BCUT2D eigenvalue weighted by atomic mass is 32.1. The van der Waals surface area contributed by atoms with Crippen molar-refractivity contribution in [3.8, 4) is 17.1 Å². The van der Waals surface area contributed by atoms with Crippen molar-refractivity contribution in [1.29, 1.82) is 0 Å². The Labute approximate surface area is 180 Å². The third-order valence-corrected chi connectivity index (χ3v) is 6.49. The second kappa shape index (κ2) is 7.95. The number of fused-ring (bicyclic) bond motifs is 1. The molecule has 0 atom stereocenters. The lowest BCUT2D eigenvalue weighted by Crippen LogP contribution is -2.47. The van der Waals surface area contributed by atoms with Gasteiger partial charge in [0.05, 0.1) is 12.5 Å². The van der Waals surface area contributed by atoms with Crippen molar-refractivity contribution in [2.45, 2.75) is 6.92 Å². The standard InChI is InChI=1S/C24H24N4OS/c1-17-16-21-23(25-22(26-24(21)30-17)18-6-4-3-5-7-18)28-14-12-27(13-15-28)19-8-10-20(29-2)11-9-19/h3-11,16H,12-15H2,1-2H3. The first kappa shape index (κ1) is 18.9. The summed E-state index contributed by atoms with van der Waals surface area (Å²) in [5, 5.41) is 1.16. The Bertz CT molecular complexity index is 1150. The summed E-state index contributed by atoms with van der Waals surface area (Å²) in [5.41, 5.74) is 2.29. The number of hydrogen-bond donors (Lipinski definition) is 0. The third kappa shape index (κ3) is 3.59. The predicted octanol–water partition coefficient (Wildman–Crippen LogP) is 5.00. The smallest absolute Gasteiger partial charge is 0.163 e. The Morgan fingerprint density at radius 1 is 0.867 bits per heavy atom. The van der Waals surface area contributed by atoms with E-state index in [0.29, 0.717) is 0 Å². The molecule has 1 aliphatic heterocycles. The van der Waals surface area contributed by atoms with Gasteiger partial charge in [-0.2, -0.15) is 0 Å². The van der Waals surface area contributed by atoms with Crippen LogP contribution in [0.25, 0.3) is 21.6 Å². The normalized spacial score (nSPS) is 14.3. The van der Waals surface area contributed by atoms with Gasteiger partial charge in [0.15, 0.2) is 5.82 Å². The van der Waals surface area contributed by atoms with E-state index >= 15 is 0 Å². The van der Waals surface area contributed by atoms with Crippen molar-refractivity contribution >= 4 is 33.1 Å².